The fourth-order valence-electron chi connectivity index (χ4n) is 2.32. The molecule has 136 valence electrons. The predicted octanol–water partition coefficient (Wildman–Crippen LogP) is 3.86. The molecule has 0 aliphatic carbocycles. The van der Waals surface area contributed by atoms with Crippen LogP contribution in [0.5, 0.6) is 11.5 Å². The van der Waals surface area contributed by atoms with Crippen molar-refractivity contribution < 1.29 is 14.3 Å². The van der Waals surface area contributed by atoms with Crippen molar-refractivity contribution in [3.63, 3.8) is 0 Å². The van der Waals surface area contributed by atoms with Gasteiger partial charge in [-0.2, -0.15) is 0 Å². The second kappa shape index (κ2) is 9.98. The molecule has 0 spiro atoms. The Bertz CT molecular complexity index is 688. The first-order chi connectivity index (χ1) is 12.2. The Balaban J connectivity index is 1.86. The highest BCUT2D eigenvalue weighted by atomic mass is 32.1. The summed E-state index contributed by atoms with van der Waals surface area (Å²) in [6.07, 6.45) is 4.11. The second-order valence-electron chi connectivity index (χ2n) is 5.57. The second-order valence-corrected chi connectivity index (χ2v) is 6.63. The molecule has 0 aliphatic rings. The Labute approximate surface area is 152 Å². The van der Waals surface area contributed by atoms with Crippen molar-refractivity contribution in [1.82, 2.24) is 10.2 Å². The van der Waals surface area contributed by atoms with Gasteiger partial charge in [0, 0.05) is 12.8 Å². The van der Waals surface area contributed by atoms with Gasteiger partial charge in [-0.15, -0.1) is 10.2 Å². The van der Waals surface area contributed by atoms with Crippen molar-refractivity contribution >= 4 is 22.4 Å². The van der Waals surface area contributed by atoms with Crippen molar-refractivity contribution in [3.05, 3.63) is 28.8 Å². The number of nitrogens with one attached hydrogen (secondary N) is 1. The maximum atomic E-state index is 12.1. The highest BCUT2D eigenvalue weighted by Crippen LogP contribution is 2.28. The van der Waals surface area contributed by atoms with Crippen molar-refractivity contribution in [1.29, 1.82) is 0 Å². The lowest BCUT2D eigenvalue weighted by atomic mass is 10.1. The molecule has 1 aromatic heterocycles. The van der Waals surface area contributed by atoms with Crippen LogP contribution in [-0.4, -0.2) is 29.8 Å². The fraction of sp³-hybridized carbons (Fsp3) is 0.500. The van der Waals surface area contributed by atoms with E-state index in [9.17, 15) is 4.79 Å². The number of aromatic nitrogens is 2. The zero-order chi connectivity index (χ0) is 18.1. The van der Waals surface area contributed by atoms with Crippen LogP contribution >= 0.6 is 11.3 Å². The molecule has 0 unspecified atom stereocenters. The van der Waals surface area contributed by atoms with Gasteiger partial charge in [-0.1, -0.05) is 30.7 Å². The fourth-order valence-corrected chi connectivity index (χ4v) is 3.11. The van der Waals surface area contributed by atoms with E-state index in [-0.39, 0.29) is 5.91 Å². The normalized spacial score (nSPS) is 10.5. The van der Waals surface area contributed by atoms with E-state index in [4.69, 9.17) is 9.47 Å². The standard InChI is InChI=1S/C18H25N3O3S/c1-4-6-7-17-20-21-18(25-17)19-16(22)11-9-13-8-10-14(24-5-2)15(12-13)23-3/h8,10,12H,4-7,9,11H2,1-3H3,(H,19,21,22). The summed E-state index contributed by atoms with van der Waals surface area (Å²) in [5, 5.41) is 12.5. The monoisotopic (exact) mass is 363 g/mol. The van der Waals surface area contributed by atoms with Gasteiger partial charge in [0.05, 0.1) is 13.7 Å². The summed E-state index contributed by atoms with van der Waals surface area (Å²) in [5.74, 6) is 1.34. The number of carbonyl (C=O) groups excluding carboxylic acids is 1. The Morgan fingerprint density at radius 2 is 2.04 bits per heavy atom. The Hall–Kier alpha value is -2.15. The smallest absolute Gasteiger partial charge is 0.226 e. The van der Waals surface area contributed by atoms with Crippen molar-refractivity contribution in [3.8, 4) is 11.5 Å². The molecule has 1 aromatic carbocycles. The van der Waals surface area contributed by atoms with Gasteiger partial charge in [-0.3, -0.25) is 4.79 Å². The quantitative estimate of drug-likeness (QED) is 0.694. The largest absolute Gasteiger partial charge is 0.493 e. The van der Waals surface area contributed by atoms with Gasteiger partial charge in [-0.05, 0) is 37.5 Å². The highest BCUT2D eigenvalue weighted by Gasteiger charge is 2.10. The van der Waals surface area contributed by atoms with Crippen LogP contribution < -0.4 is 14.8 Å². The molecule has 1 amide bonds. The van der Waals surface area contributed by atoms with Gasteiger partial charge >= 0.3 is 0 Å². The van der Waals surface area contributed by atoms with E-state index in [1.54, 1.807) is 7.11 Å². The number of carbonyl (C=O) groups is 1. The molecule has 2 rings (SSSR count). The molecule has 0 saturated carbocycles. The molecule has 0 saturated heterocycles. The first-order valence-corrected chi connectivity index (χ1v) is 9.39. The SMILES string of the molecule is CCCCc1nnc(NC(=O)CCc2ccc(OCC)c(OC)c2)s1. The molecule has 6 nitrogen and oxygen atoms in total. The third kappa shape index (κ3) is 6.01. The Morgan fingerprint density at radius 3 is 2.76 bits per heavy atom. The number of benzene rings is 1. The number of nitrogens with zero attached hydrogens (tertiary/aromatic N) is 2. The van der Waals surface area contributed by atoms with E-state index in [2.05, 4.69) is 22.4 Å². The maximum absolute atomic E-state index is 12.1. The number of unbranched alkanes of at least 4 members (excludes halogenated alkanes) is 1. The Kier molecular flexibility index (Phi) is 7.66. The molecular formula is C18H25N3O3S. The van der Waals surface area contributed by atoms with Crippen LogP contribution in [0.25, 0.3) is 0 Å². The van der Waals surface area contributed by atoms with Gasteiger partial charge < -0.3 is 14.8 Å². The van der Waals surface area contributed by atoms with Gasteiger partial charge in [-0.25, -0.2) is 0 Å². The minimum absolute atomic E-state index is 0.0638. The lowest BCUT2D eigenvalue weighted by Crippen LogP contribution is -2.12. The molecule has 25 heavy (non-hydrogen) atoms. The van der Waals surface area contributed by atoms with Crippen LogP contribution in [0.4, 0.5) is 5.13 Å². The van der Waals surface area contributed by atoms with E-state index in [1.165, 1.54) is 11.3 Å². The molecule has 0 bridgehead atoms. The summed E-state index contributed by atoms with van der Waals surface area (Å²) in [4.78, 5) is 12.1. The van der Waals surface area contributed by atoms with Crippen LogP contribution in [0.2, 0.25) is 0 Å². The summed E-state index contributed by atoms with van der Waals surface area (Å²) in [5.41, 5.74) is 1.02. The number of amides is 1. The number of rotatable bonds is 10. The maximum Gasteiger partial charge on any atom is 0.226 e. The van der Waals surface area contributed by atoms with Crippen molar-refractivity contribution in [2.24, 2.45) is 0 Å². The van der Waals surface area contributed by atoms with Crippen LogP contribution in [0.1, 0.15) is 43.7 Å². The predicted molar refractivity (Wildman–Crippen MR) is 99.6 cm³/mol. The van der Waals surface area contributed by atoms with Gasteiger partial charge in [0.1, 0.15) is 5.01 Å². The van der Waals surface area contributed by atoms with Crippen LogP contribution in [0.15, 0.2) is 18.2 Å². The molecule has 2 aromatic rings. The van der Waals surface area contributed by atoms with Crippen molar-refractivity contribution in [2.75, 3.05) is 19.0 Å². The molecule has 0 fully saturated rings. The number of methoxy groups -OCH3 is 1. The summed E-state index contributed by atoms with van der Waals surface area (Å²) >= 11 is 1.45. The third-order valence-electron chi connectivity index (χ3n) is 3.63. The molecule has 7 heteroatoms. The number of anilines is 1. The van der Waals surface area contributed by atoms with E-state index in [1.807, 2.05) is 25.1 Å². The molecular weight excluding hydrogens is 338 g/mol. The van der Waals surface area contributed by atoms with Gasteiger partial charge in [0.25, 0.3) is 0 Å². The molecule has 0 aliphatic heterocycles. The molecule has 1 N–H and O–H groups in total. The van der Waals surface area contributed by atoms with E-state index in [0.29, 0.717) is 36.1 Å². The van der Waals surface area contributed by atoms with Crippen LogP contribution in [0.3, 0.4) is 0 Å². The first-order valence-electron chi connectivity index (χ1n) is 8.58. The average Bonchev–Trinajstić information content (AvgIpc) is 3.06. The van der Waals surface area contributed by atoms with E-state index < -0.39 is 0 Å². The number of hydrogen-bond donors (Lipinski definition) is 1. The minimum Gasteiger partial charge on any atom is -0.493 e. The summed E-state index contributed by atoms with van der Waals surface area (Å²) in [6, 6.07) is 5.74. The van der Waals surface area contributed by atoms with Gasteiger partial charge in [0.2, 0.25) is 11.0 Å². The zero-order valence-electron chi connectivity index (χ0n) is 15.0. The van der Waals surface area contributed by atoms with E-state index in [0.717, 1.165) is 29.8 Å². The average molecular weight is 363 g/mol. The van der Waals surface area contributed by atoms with Crippen molar-refractivity contribution in [2.45, 2.75) is 46.0 Å². The highest BCUT2D eigenvalue weighted by molar-refractivity contribution is 7.15. The topological polar surface area (TPSA) is 73.3 Å². The third-order valence-corrected chi connectivity index (χ3v) is 4.52. The minimum atomic E-state index is -0.0638. The lowest BCUT2D eigenvalue weighted by molar-refractivity contribution is -0.116. The molecule has 0 atom stereocenters. The summed E-state index contributed by atoms with van der Waals surface area (Å²) in [6.45, 7) is 4.65. The van der Waals surface area contributed by atoms with Gasteiger partial charge in [0.15, 0.2) is 11.5 Å². The number of aryl methyl sites for hydroxylation is 2. The molecule has 1 heterocycles. The van der Waals surface area contributed by atoms with Crippen LogP contribution in [0, 0.1) is 0 Å². The lowest BCUT2D eigenvalue weighted by Gasteiger charge is -2.10. The first kappa shape index (κ1) is 19.2. The van der Waals surface area contributed by atoms with Crippen LogP contribution in [-0.2, 0) is 17.6 Å². The number of hydrogen-bond acceptors (Lipinski definition) is 6. The zero-order valence-corrected chi connectivity index (χ0v) is 15.8. The summed E-state index contributed by atoms with van der Waals surface area (Å²) in [7, 11) is 1.61. The Morgan fingerprint density at radius 1 is 1.20 bits per heavy atom. The van der Waals surface area contributed by atoms with E-state index >= 15 is 0 Å². The summed E-state index contributed by atoms with van der Waals surface area (Å²) < 4.78 is 10.8. The number of ether oxygens (including phenoxy) is 2. The molecule has 0 radical (unpaired) electrons.